The van der Waals surface area contributed by atoms with E-state index in [0.29, 0.717) is 35.1 Å². The Balaban J connectivity index is 1.63. The second kappa shape index (κ2) is 8.34. The molecule has 0 fully saturated rings. The molecule has 0 saturated heterocycles. The Morgan fingerprint density at radius 1 is 1.14 bits per heavy atom. The fourth-order valence-electron chi connectivity index (χ4n) is 2.49. The molecule has 0 unspecified atom stereocenters. The lowest BCUT2D eigenvalue weighted by atomic mass is 10.2. The average molecular weight is 379 g/mol. The van der Waals surface area contributed by atoms with E-state index in [9.17, 15) is 9.59 Å². The van der Waals surface area contributed by atoms with Crippen molar-refractivity contribution in [3.8, 4) is 11.4 Å². The number of rotatable bonds is 5. The number of aryl methyl sites for hydroxylation is 1. The van der Waals surface area contributed by atoms with Crippen molar-refractivity contribution < 1.29 is 9.53 Å². The van der Waals surface area contributed by atoms with Crippen molar-refractivity contribution in [1.29, 1.82) is 0 Å². The lowest BCUT2D eigenvalue weighted by Gasteiger charge is -2.08. The zero-order chi connectivity index (χ0) is 20.1. The van der Waals surface area contributed by atoms with Crippen molar-refractivity contribution in [2.45, 2.75) is 20.4 Å². The Hall–Kier alpha value is -3.68. The van der Waals surface area contributed by atoms with Gasteiger partial charge in [0.15, 0.2) is 0 Å². The number of nitrogens with zero attached hydrogens (tertiary/aromatic N) is 2. The highest BCUT2D eigenvalue weighted by Gasteiger charge is 2.07. The SMILES string of the molecule is COC(=O)Nc1ccc(CNc2ccc(-c3nc(C)c(C)c(=O)[nH]3)cn2)cc1. The summed E-state index contributed by atoms with van der Waals surface area (Å²) in [7, 11) is 1.32. The third kappa shape index (κ3) is 4.53. The molecule has 8 nitrogen and oxygen atoms in total. The van der Waals surface area contributed by atoms with Crippen LogP contribution in [-0.4, -0.2) is 28.2 Å². The second-order valence-corrected chi connectivity index (χ2v) is 6.22. The number of carbonyl (C=O) groups excluding carboxylic acids is 1. The molecule has 3 rings (SSSR count). The van der Waals surface area contributed by atoms with Gasteiger partial charge in [-0.1, -0.05) is 12.1 Å². The Labute approximate surface area is 162 Å². The fourth-order valence-corrected chi connectivity index (χ4v) is 2.49. The Bertz CT molecular complexity index is 1030. The fraction of sp³-hybridized carbons (Fsp3) is 0.200. The molecule has 0 aliphatic carbocycles. The Kier molecular flexibility index (Phi) is 5.69. The van der Waals surface area contributed by atoms with Crippen molar-refractivity contribution >= 4 is 17.6 Å². The van der Waals surface area contributed by atoms with E-state index in [0.717, 1.165) is 11.1 Å². The highest BCUT2D eigenvalue weighted by Crippen LogP contribution is 2.16. The number of amides is 1. The number of hydrogen-bond acceptors (Lipinski definition) is 6. The van der Waals surface area contributed by atoms with Crippen molar-refractivity contribution in [3.05, 3.63) is 69.8 Å². The minimum Gasteiger partial charge on any atom is -0.453 e. The van der Waals surface area contributed by atoms with E-state index in [-0.39, 0.29) is 5.56 Å². The molecule has 0 bridgehead atoms. The van der Waals surface area contributed by atoms with Gasteiger partial charge < -0.3 is 15.0 Å². The van der Waals surface area contributed by atoms with Crippen LogP contribution in [0.2, 0.25) is 0 Å². The van der Waals surface area contributed by atoms with Gasteiger partial charge in [-0.3, -0.25) is 10.1 Å². The molecule has 28 heavy (non-hydrogen) atoms. The van der Waals surface area contributed by atoms with Crippen LogP contribution in [0.5, 0.6) is 0 Å². The molecule has 0 radical (unpaired) electrons. The maximum absolute atomic E-state index is 11.9. The van der Waals surface area contributed by atoms with Crippen LogP contribution in [0.4, 0.5) is 16.3 Å². The van der Waals surface area contributed by atoms with Gasteiger partial charge in [-0.15, -0.1) is 0 Å². The summed E-state index contributed by atoms with van der Waals surface area (Å²) in [6, 6.07) is 11.1. The summed E-state index contributed by atoms with van der Waals surface area (Å²) in [5.41, 5.74) is 3.60. The number of benzene rings is 1. The van der Waals surface area contributed by atoms with Gasteiger partial charge in [-0.05, 0) is 43.7 Å². The molecule has 0 aliphatic heterocycles. The predicted molar refractivity (Wildman–Crippen MR) is 107 cm³/mol. The number of hydrogen-bond donors (Lipinski definition) is 3. The third-order valence-corrected chi connectivity index (χ3v) is 4.29. The van der Waals surface area contributed by atoms with Crippen LogP contribution in [0.25, 0.3) is 11.4 Å². The van der Waals surface area contributed by atoms with Crippen molar-refractivity contribution in [2.75, 3.05) is 17.7 Å². The second-order valence-electron chi connectivity index (χ2n) is 6.22. The van der Waals surface area contributed by atoms with Crippen LogP contribution in [0, 0.1) is 13.8 Å². The minimum atomic E-state index is -0.505. The smallest absolute Gasteiger partial charge is 0.411 e. The van der Waals surface area contributed by atoms with E-state index < -0.39 is 6.09 Å². The van der Waals surface area contributed by atoms with Gasteiger partial charge in [0.25, 0.3) is 5.56 Å². The molecule has 3 N–H and O–H groups in total. The van der Waals surface area contributed by atoms with Gasteiger partial charge in [0.05, 0.1) is 7.11 Å². The summed E-state index contributed by atoms with van der Waals surface area (Å²) in [5, 5.41) is 5.83. The summed E-state index contributed by atoms with van der Waals surface area (Å²) in [5.74, 6) is 1.20. The first-order chi connectivity index (χ1) is 13.5. The van der Waals surface area contributed by atoms with E-state index >= 15 is 0 Å². The zero-order valence-corrected chi connectivity index (χ0v) is 15.9. The number of anilines is 2. The number of carbonyl (C=O) groups is 1. The van der Waals surface area contributed by atoms with Crippen molar-refractivity contribution in [2.24, 2.45) is 0 Å². The number of pyridine rings is 1. The van der Waals surface area contributed by atoms with Gasteiger partial charge in [0.1, 0.15) is 11.6 Å². The molecular formula is C20H21N5O3. The molecular weight excluding hydrogens is 358 g/mol. The van der Waals surface area contributed by atoms with E-state index in [2.05, 4.69) is 30.3 Å². The number of aromatic amines is 1. The summed E-state index contributed by atoms with van der Waals surface area (Å²) in [6.07, 6.45) is 1.16. The Morgan fingerprint density at radius 2 is 1.89 bits per heavy atom. The van der Waals surface area contributed by atoms with Crippen LogP contribution < -0.4 is 16.2 Å². The predicted octanol–water partition coefficient (Wildman–Crippen LogP) is 3.24. The molecule has 1 amide bonds. The van der Waals surface area contributed by atoms with Gasteiger partial charge in [0.2, 0.25) is 0 Å². The lowest BCUT2D eigenvalue weighted by molar-refractivity contribution is 0.187. The highest BCUT2D eigenvalue weighted by molar-refractivity contribution is 5.84. The first-order valence-corrected chi connectivity index (χ1v) is 8.68. The van der Waals surface area contributed by atoms with Crippen LogP contribution in [0.1, 0.15) is 16.8 Å². The number of nitrogens with one attached hydrogen (secondary N) is 3. The first kappa shape index (κ1) is 19.1. The summed E-state index contributed by atoms with van der Waals surface area (Å²) in [4.78, 5) is 34.6. The Morgan fingerprint density at radius 3 is 2.50 bits per heavy atom. The van der Waals surface area contributed by atoms with Crippen LogP contribution >= 0.6 is 0 Å². The van der Waals surface area contributed by atoms with E-state index in [1.807, 2.05) is 31.2 Å². The molecule has 0 aliphatic rings. The molecule has 3 aromatic rings. The maximum Gasteiger partial charge on any atom is 0.411 e. The maximum atomic E-state index is 11.9. The topological polar surface area (TPSA) is 109 Å². The third-order valence-electron chi connectivity index (χ3n) is 4.29. The molecule has 0 atom stereocenters. The first-order valence-electron chi connectivity index (χ1n) is 8.68. The van der Waals surface area contributed by atoms with Gasteiger partial charge in [-0.25, -0.2) is 14.8 Å². The van der Waals surface area contributed by atoms with E-state index in [4.69, 9.17) is 0 Å². The monoisotopic (exact) mass is 379 g/mol. The number of ether oxygens (including phenoxy) is 1. The minimum absolute atomic E-state index is 0.144. The molecule has 144 valence electrons. The van der Waals surface area contributed by atoms with Crippen molar-refractivity contribution in [1.82, 2.24) is 15.0 Å². The normalized spacial score (nSPS) is 10.4. The molecule has 2 heterocycles. The number of methoxy groups -OCH3 is 1. The van der Waals surface area contributed by atoms with Crippen LogP contribution in [0.15, 0.2) is 47.4 Å². The highest BCUT2D eigenvalue weighted by atomic mass is 16.5. The quantitative estimate of drug-likeness (QED) is 0.628. The summed E-state index contributed by atoms with van der Waals surface area (Å²) in [6.45, 7) is 4.13. The summed E-state index contributed by atoms with van der Waals surface area (Å²) >= 11 is 0. The molecule has 1 aromatic carbocycles. The molecule has 2 aromatic heterocycles. The van der Waals surface area contributed by atoms with Crippen LogP contribution in [0.3, 0.4) is 0 Å². The molecule has 0 spiro atoms. The largest absolute Gasteiger partial charge is 0.453 e. The van der Waals surface area contributed by atoms with E-state index in [1.165, 1.54) is 7.11 Å². The standard InChI is InChI=1S/C20H21N5O3/c1-12-13(2)23-18(25-19(12)26)15-6-9-17(22-11-15)21-10-14-4-7-16(8-5-14)24-20(27)28-3/h4-9,11H,10H2,1-3H3,(H,21,22)(H,24,27)(H,23,25,26). The van der Waals surface area contributed by atoms with Gasteiger partial charge in [-0.2, -0.15) is 0 Å². The van der Waals surface area contributed by atoms with Gasteiger partial charge >= 0.3 is 6.09 Å². The molecule has 0 saturated carbocycles. The van der Waals surface area contributed by atoms with Gasteiger partial charge in [0, 0.05) is 35.2 Å². The lowest BCUT2D eigenvalue weighted by Crippen LogP contribution is -2.14. The number of aromatic nitrogens is 3. The van der Waals surface area contributed by atoms with E-state index in [1.54, 1.807) is 25.3 Å². The number of H-pyrrole nitrogens is 1. The zero-order valence-electron chi connectivity index (χ0n) is 15.9. The van der Waals surface area contributed by atoms with Crippen molar-refractivity contribution in [3.63, 3.8) is 0 Å². The summed E-state index contributed by atoms with van der Waals surface area (Å²) < 4.78 is 4.56. The van der Waals surface area contributed by atoms with Crippen LogP contribution in [-0.2, 0) is 11.3 Å². The average Bonchev–Trinajstić information content (AvgIpc) is 2.71. The molecule has 8 heteroatoms.